The first-order chi connectivity index (χ1) is 6.66. The molecule has 0 atom stereocenters. The first-order valence-corrected chi connectivity index (χ1v) is 5.69. The summed E-state index contributed by atoms with van der Waals surface area (Å²) in [7, 11) is 2.11. The second-order valence-corrected chi connectivity index (χ2v) is 6.07. The first-order valence-electron chi connectivity index (χ1n) is 5.69. The van der Waals surface area contributed by atoms with Crippen molar-refractivity contribution in [3.8, 4) is 0 Å². The maximum absolute atomic E-state index is 5.69. The van der Waals surface area contributed by atoms with Gasteiger partial charge in [0.25, 0.3) is 0 Å². The number of ether oxygens (including phenoxy) is 1. The lowest BCUT2D eigenvalue weighted by Gasteiger charge is -2.29. The summed E-state index contributed by atoms with van der Waals surface area (Å²) in [6, 6.07) is 0. The Morgan fingerprint density at radius 2 is 1.67 bits per heavy atom. The van der Waals surface area contributed by atoms with Crippen molar-refractivity contribution in [3.63, 3.8) is 0 Å². The normalized spacial score (nSPS) is 13.6. The molecule has 0 aromatic heterocycles. The topological polar surface area (TPSA) is 38.5 Å². The molecule has 0 saturated heterocycles. The molecule has 3 heteroatoms. The molecule has 0 aromatic rings. The average molecular weight is 216 g/mol. The van der Waals surface area contributed by atoms with E-state index in [0.29, 0.717) is 0 Å². The quantitative estimate of drug-likeness (QED) is 0.734. The van der Waals surface area contributed by atoms with E-state index >= 15 is 0 Å². The third-order valence-electron chi connectivity index (χ3n) is 2.26. The van der Waals surface area contributed by atoms with Crippen LogP contribution in [0.25, 0.3) is 0 Å². The van der Waals surface area contributed by atoms with Crippen LogP contribution in [0.1, 0.15) is 34.6 Å². The van der Waals surface area contributed by atoms with Crippen molar-refractivity contribution in [1.82, 2.24) is 4.90 Å². The van der Waals surface area contributed by atoms with Gasteiger partial charge in [-0.05, 0) is 39.8 Å². The summed E-state index contributed by atoms with van der Waals surface area (Å²) in [5, 5.41) is 0. The Morgan fingerprint density at radius 3 is 2.07 bits per heavy atom. The van der Waals surface area contributed by atoms with E-state index in [0.717, 1.165) is 26.2 Å². The molecule has 0 aromatic carbocycles. The van der Waals surface area contributed by atoms with E-state index in [2.05, 4.69) is 46.6 Å². The van der Waals surface area contributed by atoms with Gasteiger partial charge in [-0.3, -0.25) is 0 Å². The summed E-state index contributed by atoms with van der Waals surface area (Å²) in [6.45, 7) is 14.1. The predicted octanol–water partition coefficient (Wildman–Crippen LogP) is 1.72. The lowest BCUT2D eigenvalue weighted by Crippen LogP contribution is -2.38. The number of rotatable bonds is 6. The van der Waals surface area contributed by atoms with Crippen LogP contribution >= 0.6 is 0 Å². The van der Waals surface area contributed by atoms with Crippen molar-refractivity contribution in [3.05, 3.63) is 0 Å². The van der Waals surface area contributed by atoms with Crippen molar-refractivity contribution < 1.29 is 4.74 Å². The zero-order valence-electron chi connectivity index (χ0n) is 11.3. The van der Waals surface area contributed by atoms with E-state index in [-0.39, 0.29) is 11.0 Å². The van der Waals surface area contributed by atoms with E-state index in [4.69, 9.17) is 10.5 Å². The molecule has 0 aliphatic carbocycles. The third kappa shape index (κ3) is 8.85. The van der Waals surface area contributed by atoms with Crippen molar-refractivity contribution in [1.29, 1.82) is 0 Å². The molecule has 0 rings (SSSR count). The minimum Gasteiger partial charge on any atom is -0.375 e. The summed E-state index contributed by atoms with van der Waals surface area (Å²) in [5.74, 6) is 0. The van der Waals surface area contributed by atoms with E-state index in [1.54, 1.807) is 0 Å². The lowest BCUT2D eigenvalue weighted by atomic mass is 9.93. The largest absolute Gasteiger partial charge is 0.375 e. The minimum atomic E-state index is -0.0375. The molecule has 92 valence electrons. The maximum Gasteiger partial charge on any atom is 0.0600 e. The zero-order valence-corrected chi connectivity index (χ0v) is 11.3. The van der Waals surface area contributed by atoms with E-state index in [1.165, 1.54) is 0 Å². The van der Waals surface area contributed by atoms with Crippen LogP contribution in [-0.4, -0.2) is 43.8 Å². The molecular formula is C12H28N2O. The number of likely N-dealkylation sites (N-methyl/N-ethyl adjacent to an activating group) is 1. The Balaban J connectivity index is 3.71. The lowest BCUT2D eigenvalue weighted by molar-refractivity contribution is -0.0131. The van der Waals surface area contributed by atoms with Crippen LogP contribution in [-0.2, 0) is 4.74 Å². The number of nitrogens with two attached hydrogens (primary N) is 1. The molecule has 0 radical (unpaired) electrons. The van der Waals surface area contributed by atoms with Gasteiger partial charge in [0.1, 0.15) is 0 Å². The Kier molecular flexibility index (Phi) is 5.78. The number of hydrogen-bond acceptors (Lipinski definition) is 3. The smallest absolute Gasteiger partial charge is 0.0600 e. The first kappa shape index (κ1) is 14.9. The highest BCUT2D eigenvalue weighted by atomic mass is 16.5. The molecule has 0 bridgehead atoms. The summed E-state index contributed by atoms with van der Waals surface area (Å²) in [6.07, 6.45) is 0. The summed E-state index contributed by atoms with van der Waals surface area (Å²) in [4.78, 5) is 2.28. The summed E-state index contributed by atoms with van der Waals surface area (Å²) < 4.78 is 5.68. The number of nitrogens with zero attached hydrogens (tertiary/aromatic N) is 1. The minimum absolute atomic E-state index is 0.0375. The van der Waals surface area contributed by atoms with Crippen LogP contribution < -0.4 is 5.73 Å². The van der Waals surface area contributed by atoms with E-state index in [9.17, 15) is 0 Å². The van der Waals surface area contributed by atoms with Gasteiger partial charge in [0.15, 0.2) is 0 Å². The maximum atomic E-state index is 5.69. The molecule has 0 spiro atoms. The second kappa shape index (κ2) is 5.83. The Bertz CT molecular complexity index is 173. The Morgan fingerprint density at radius 1 is 1.13 bits per heavy atom. The summed E-state index contributed by atoms with van der Waals surface area (Å²) in [5.41, 5.74) is 5.85. The van der Waals surface area contributed by atoms with Crippen LogP contribution in [0, 0.1) is 5.41 Å². The second-order valence-electron chi connectivity index (χ2n) is 6.07. The molecule has 0 amide bonds. The fraction of sp³-hybridized carbons (Fsp3) is 1.00. The van der Waals surface area contributed by atoms with Gasteiger partial charge in [0.2, 0.25) is 0 Å². The van der Waals surface area contributed by atoms with Crippen LogP contribution in [0.2, 0.25) is 0 Å². The highest BCUT2D eigenvalue weighted by Gasteiger charge is 2.18. The highest BCUT2D eigenvalue weighted by Crippen LogP contribution is 2.14. The van der Waals surface area contributed by atoms with Crippen LogP contribution in [0.3, 0.4) is 0 Å². The molecule has 2 N–H and O–H groups in total. The average Bonchev–Trinajstić information content (AvgIpc) is 2.00. The van der Waals surface area contributed by atoms with Gasteiger partial charge >= 0.3 is 0 Å². The molecule has 0 aliphatic heterocycles. The van der Waals surface area contributed by atoms with Crippen molar-refractivity contribution in [2.75, 3.05) is 33.3 Å². The molecule has 0 heterocycles. The van der Waals surface area contributed by atoms with E-state index in [1.807, 2.05) is 0 Å². The van der Waals surface area contributed by atoms with E-state index < -0.39 is 0 Å². The monoisotopic (exact) mass is 216 g/mol. The zero-order chi connectivity index (χ0) is 12.1. The summed E-state index contributed by atoms with van der Waals surface area (Å²) >= 11 is 0. The molecule has 15 heavy (non-hydrogen) atoms. The molecule has 0 fully saturated rings. The standard InChI is InChI=1S/C12H28N2O/c1-11(2,3)15-8-7-14(6)10-12(4,5)9-13/h7-10,13H2,1-6H3. The van der Waals surface area contributed by atoms with Gasteiger partial charge < -0.3 is 15.4 Å². The predicted molar refractivity (Wildman–Crippen MR) is 66.0 cm³/mol. The van der Waals surface area contributed by atoms with Crippen molar-refractivity contribution >= 4 is 0 Å². The number of hydrogen-bond donors (Lipinski definition) is 1. The van der Waals surface area contributed by atoms with Crippen LogP contribution in [0.15, 0.2) is 0 Å². The Hall–Kier alpha value is -0.120. The molecule has 0 saturated carbocycles. The van der Waals surface area contributed by atoms with Gasteiger partial charge in [0, 0.05) is 13.1 Å². The molecule has 3 nitrogen and oxygen atoms in total. The van der Waals surface area contributed by atoms with Gasteiger partial charge in [-0.25, -0.2) is 0 Å². The van der Waals surface area contributed by atoms with Gasteiger partial charge in [-0.1, -0.05) is 13.8 Å². The van der Waals surface area contributed by atoms with Gasteiger partial charge in [-0.15, -0.1) is 0 Å². The van der Waals surface area contributed by atoms with Gasteiger partial charge in [0.05, 0.1) is 12.2 Å². The fourth-order valence-corrected chi connectivity index (χ4v) is 1.38. The Labute approximate surface area is 95.0 Å². The third-order valence-corrected chi connectivity index (χ3v) is 2.26. The van der Waals surface area contributed by atoms with Crippen molar-refractivity contribution in [2.45, 2.75) is 40.2 Å². The molecular weight excluding hydrogens is 188 g/mol. The van der Waals surface area contributed by atoms with Crippen molar-refractivity contribution in [2.24, 2.45) is 11.1 Å². The van der Waals surface area contributed by atoms with Crippen LogP contribution in [0.4, 0.5) is 0 Å². The highest BCUT2D eigenvalue weighted by molar-refractivity contribution is 4.73. The molecule has 0 unspecified atom stereocenters. The van der Waals surface area contributed by atoms with Crippen LogP contribution in [0.5, 0.6) is 0 Å². The molecule has 0 aliphatic rings. The van der Waals surface area contributed by atoms with Gasteiger partial charge in [-0.2, -0.15) is 0 Å². The fourth-order valence-electron chi connectivity index (χ4n) is 1.38. The SMILES string of the molecule is CN(CCOC(C)(C)C)CC(C)(C)CN.